The minimum Gasteiger partial charge on any atom is -0.480 e. The van der Waals surface area contributed by atoms with E-state index in [1.807, 2.05) is 6.92 Å². The van der Waals surface area contributed by atoms with Crippen molar-refractivity contribution in [2.75, 3.05) is 26.7 Å². The molecule has 0 radical (unpaired) electrons. The highest BCUT2D eigenvalue weighted by atomic mass is 16.5. The van der Waals surface area contributed by atoms with Crippen LogP contribution in [0.25, 0.3) is 0 Å². The van der Waals surface area contributed by atoms with Crippen LogP contribution >= 0.6 is 0 Å². The lowest BCUT2D eigenvalue weighted by Gasteiger charge is -2.32. The zero-order valence-electron chi connectivity index (χ0n) is 12.6. The smallest absolute Gasteiger partial charge is 0.323 e. The second-order valence-corrected chi connectivity index (χ2v) is 5.73. The number of nitrogens with one attached hydrogen (secondary N) is 1. The molecule has 0 bridgehead atoms. The van der Waals surface area contributed by atoms with Gasteiger partial charge in [0, 0.05) is 19.2 Å². The van der Waals surface area contributed by atoms with Gasteiger partial charge in [-0.3, -0.25) is 4.79 Å². The molecule has 112 valence electrons. The van der Waals surface area contributed by atoms with Crippen molar-refractivity contribution in [3.8, 4) is 0 Å². The van der Waals surface area contributed by atoms with E-state index in [0.717, 1.165) is 32.5 Å². The molecule has 5 heteroatoms. The van der Waals surface area contributed by atoms with Gasteiger partial charge in [0.05, 0.1) is 6.10 Å². The number of carbonyl (C=O) groups is 1. The Morgan fingerprint density at radius 1 is 1.58 bits per heavy atom. The largest absolute Gasteiger partial charge is 0.480 e. The number of hydrogen-bond donors (Lipinski definition) is 2. The molecule has 5 nitrogen and oxygen atoms in total. The zero-order chi connectivity index (χ0) is 14.5. The first-order valence-electron chi connectivity index (χ1n) is 7.21. The van der Waals surface area contributed by atoms with E-state index in [4.69, 9.17) is 4.74 Å². The van der Waals surface area contributed by atoms with Gasteiger partial charge in [-0.2, -0.15) is 0 Å². The number of rotatable bonds is 8. The molecule has 1 rings (SSSR count). The molecule has 3 unspecified atom stereocenters. The fraction of sp³-hybridized carbons (Fsp3) is 0.929. The van der Waals surface area contributed by atoms with Crippen LogP contribution in [0.3, 0.4) is 0 Å². The summed E-state index contributed by atoms with van der Waals surface area (Å²) >= 11 is 0. The molecule has 0 aliphatic carbocycles. The van der Waals surface area contributed by atoms with Crippen LogP contribution in [-0.2, 0) is 9.53 Å². The minimum absolute atomic E-state index is 0.240. The summed E-state index contributed by atoms with van der Waals surface area (Å²) < 4.78 is 5.56. The maximum Gasteiger partial charge on any atom is 0.323 e. The quantitative estimate of drug-likeness (QED) is 0.698. The van der Waals surface area contributed by atoms with Crippen molar-refractivity contribution >= 4 is 5.97 Å². The van der Waals surface area contributed by atoms with Gasteiger partial charge in [-0.25, -0.2) is 0 Å². The Morgan fingerprint density at radius 2 is 2.26 bits per heavy atom. The molecule has 3 atom stereocenters. The van der Waals surface area contributed by atoms with Crippen molar-refractivity contribution in [2.45, 2.75) is 57.7 Å². The Kier molecular flexibility index (Phi) is 6.23. The molecule has 0 amide bonds. The number of carboxylic acids is 1. The van der Waals surface area contributed by atoms with E-state index in [0.29, 0.717) is 12.5 Å². The summed E-state index contributed by atoms with van der Waals surface area (Å²) in [6, 6.07) is 0.407. The van der Waals surface area contributed by atoms with Crippen molar-refractivity contribution in [1.29, 1.82) is 0 Å². The molecule has 0 saturated carbocycles. The van der Waals surface area contributed by atoms with Crippen molar-refractivity contribution < 1.29 is 14.6 Å². The zero-order valence-corrected chi connectivity index (χ0v) is 12.6. The molecule has 1 aliphatic rings. The van der Waals surface area contributed by atoms with Gasteiger partial charge in [0.1, 0.15) is 5.54 Å². The Bertz CT molecular complexity index is 298. The van der Waals surface area contributed by atoms with Gasteiger partial charge in [-0.05, 0) is 46.7 Å². The van der Waals surface area contributed by atoms with E-state index in [1.165, 1.54) is 0 Å². The fourth-order valence-electron chi connectivity index (χ4n) is 2.54. The molecular formula is C14H28N2O3. The number of hydrogen-bond acceptors (Lipinski definition) is 4. The second kappa shape index (κ2) is 7.22. The van der Waals surface area contributed by atoms with Gasteiger partial charge in [0.25, 0.3) is 0 Å². The van der Waals surface area contributed by atoms with E-state index in [2.05, 4.69) is 24.2 Å². The average molecular weight is 272 g/mol. The van der Waals surface area contributed by atoms with Gasteiger partial charge < -0.3 is 20.1 Å². The first-order chi connectivity index (χ1) is 8.90. The summed E-state index contributed by atoms with van der Waals surface area (Å²) in [7, 11) is 2.05. The molecule has 0 spiro atoms. The van der Waals surface area contributed by atoms with Crippen LogP contribution in [0.1, 0.15) is 40.0 Å². The number of aliphatic carboxylic acids is 1. The lowest BCUT2D eigenvalue weighted by Crippen LogP contribution is -2.52. The Labute approximate surface area is 116 Å². The van der Waals surface area contributed by atoms with Crippen LogP contribution in [0.5, 0.6) is 0 Å². The lowest BCUT2D eigenvalue weighted by atomic mass is 9.96. The summed E-state index contributed by atoms with van der Waals surface area (Å²) in [5.74, 6) is -0.773. The number of carboxylic acid groups (broad SMARTS) is 1. The summed E-state index contributed by atoms with van der Waals surface area (Å²) in [6.07, 6.45) is 2.81. The third kappa shape index (κ3) is 4.44. The van der Waals surface area contributed by atoms with Gasteiger partial charge in [0.2, 0.25) is 0 Å². The standard InChI is InChI=1S/C14H28N2O3/c1-5-8-15-14(3,13(17)18)7-9-16(4)12-6-10-19-11(12)2/h11-12,15H,5-10H2,1-4H3,(H,17,18). The molecule has 1 aliphatic heterocycles. The van der Waals surface area contributed by atoms with E-state index in [9.17, 15) is 9.90 Å². The van der Waals surface area contributed by atoms with Crippen molar-refractivity contribution in [2.24, 2.45) is 0 Å². The second-order valence-electron chi connectivity index (χ2n) is 5.73. The highest BCUT2D eigenvalue weighted by Crippen LogP contribution is 2.20. The first kappa shape index (κ1) is 16.4. The predicted molar refractivity (Wildman–Crippen MR) is 75.4 cm³/mol. The van der Waals surface area contributed by atoms with Crippen LogP contribution in [-0.4, -0.2) is 60.4 Å². The van der Waals surface area contributed by atoms with Gasteiger partial charge in [-0.15, -0.1) is 0 Å². The molecule has 19 heavy (non-hydrogen) atoms. The van der Waals surface area contributed by atoms with Crippen LogP contribution in [0.15, 0.2) is 0 Å². The van der Waals surface area contributed by atoms with Crippen LogP contribution in [0.2, 0.25) is 0 Å². The van der Waals surface area contributed by atoms with E-state index in [-0.39, 0.29) is 6.10 Å². The number of likely N-dealkylation sites (N-methyl/N-ethyl adjacent to an activating group) is 1. The van der Waals surface area contributed by atoms with Crippen LogP contribution in [0.4, 0.5) is 0 Å². The summed E-state index contributed by atoms with van der Waals surface area (Å²) in [4.78, 5) is 13.6. The molecular weight excluding hydrogens is 244 g/mol. The van der Waals surface area contributed by atoms with E-state index >= 15 is 0 Å². The molecule has 0 aromatic carbocycles. The molecule has 0 aromatic heterocycles. The van der Waals surface area contributed by atoms with Crippen molar-refractivity contribution in [3.63, 3.8) is 0 Å². The molecule has 2 N–H and O–H groups in total. The summed E-state index contributed by atoms with van der Waals surface area (Å²) in [5, 5.41) is 12.5. The highest BCUT2D eigenvalue weighted by Gasteiger charge is 2.34. The third-order valence-corrected chi connectivity index (χ3v) is 4.10. The molecule has 1 saturated heterocycles. The molecule has 1 heterocycles. The third-order valence-electron chi connectivity index (χ3n) is 4.10. The Morgan fingerprint density at radius 3 is 2.74 bits per heavy atom. The average Bonchev–Trinajstić information content (AvgIpc) is 2.79. The van der Waals surface area contributed by atoms with E-state index < -0.39 is 11.5 Å². The van der Waals surface area contributed by atoms with E-state index in [1.54, 1.807) is 6.92 Å². The fourth-order valence-corrected chi connectivity index (χ4v) is 2.54. The van der Waals surface area contributed by atoms with Crippen molar-refractivity contribution in [3.05, 3.63) is 0 Å². The maximum atomic E-state index is 11.4. The van der Waals surface area contributed by atoms with Gasteiger partial charge in [0.15, 0.2) is 0 Å². The first-order valence-corrected chi connectivity index (χ1v) is 7.21. The predicted octanol–water partition coefficient (Wildman–Crippen LogP) is 1.33. The Hall–Kier alpha value is -0.650. The topological polar surface area (TPSA) is 61.8 Å². The molecule has 1 fully saturated rings. The minimum atomic E-state index is -0.840. The van der Waals surface area contributed by atoms with Crippen molar-refractivity contribution in [1.82, 2.24) is 10.2 Å². The lowest BCUT2D eigenvalue weighted by molar-refractivity contribution is -0.144. The maximum absolute atomic E-state index is 11.4. The normalized spacial score (nSPS) is 26.6. The number of nitrogens with zero attached hydrogens (tertiary/aromatic N) is 1. The SMILES string of the molecule is CCCNC(C)(CCN(C)C1CCOC1C)C(=O)O. The summed E-state index contributed by atoms with van der Waals surface area (Å²) in [6.45, 7) is 8.19. The van der Waals surface area contributed by atoms with Crippen LogP contribution in [0, 0.1) is 0 Å². The number of ether oxygens (including phenoxy) is 1. The van der Waals surface area contributed by atoms with Gasteiger partial charge >= 0.3 is 5.97 Å². The highest BCUT2D eigenvalue weighted by molar-refractivity contribution is 5.78. The monoisotopic (exact) mass is 272 g/mol. The van der Waals surface area contributed by atoms with Gasteiger partial charge in [-0.1, -0.05) is 6.92 Å². The summed E-state index contributed by atoms with van der Waals surface area (Å²) in [5.41, 5.74) is -0.840. The Balaban J connectivity index is 2.49. The molecule has 0 aromatic rings. The van der Waals surface area contributed by atoms with Crippen LogP contribution < -0.4 is 5.32 Å².